The van der Waals surface area contributed by atoms with Gasteiger partial charge in [0.05, 0.1) is 22.6 Å². The molecule has 9 heteroatoms. The second-order valence-electron chi connectivity index (χ2n) is 9.36. The van der Waals surface area contributed by atoms with Crippen LogP contribution in [-0.2, 0) is 16.1 Å². The van der Waals surface area contributed by atoms with Crippen molar-refractivity contribution in [3.63, 3.8) is 0 Å². The molecule has 3 fully saturated rings. The minimum absolute atomic E-state index is 0.00482. The molecule has 0 atom stereocenters. The van der Waals surface area contributed by atoms with Gasteiger partial charge in [0.25, 0.3) is 5.91 Å². The molecule has 2 amide bonds. The van der Waals surface area contributed by atoms with Crippen molar-refractivity contribution in [1.29, 1.82) is 0 Å². The van der Waals surface area contributed by atoms with Crippen LogP contribution in [0.1, 0.15) is 44.3 Å². The van der Waals surface area contributed by atoms with E-state index in [1.165, 1.54) is 12.1 Å². The fraction of sp³-hybridized carbons (Fsp3) is 0.400. The molecule has 6 rings (SSSR count). The Morgan fingerprint density at radius 1 is 1.09 bits per heavy atom. The largest absolute Gasteiger partial charge is 0.484 e. The number of hydrogen-bond donors (Lipinski definition) is 3. The molecule has 178 valence electrons. The number of imidazole rings is 1. The van der Waals surface area contributed by atoms with E-state index in [2.05, 4.69) is 20.6 Å². The van der Waals surface area contributed by atoms with E-state index in [1.807, 2.05) is 24.3 Å². The maximum atomic E-state index is 13.5. The molecule has 0 saturated heterocycles. The highest BCUT2D eigenvalue weighted by Gasteiger charge is 2.52. The van der Waals surface area contributed by atoms with Gasteiger partial charge in [-0.15, -0.1) is 0 Å². The van der Waals surface area contributed by atoms with Crippen LogP contribution in [-0.4, -0.2) is 33.9 Å². The summed E-state index contributed by atoms with van der Waals surface area (Å²) in [5, 5.41) is 6.19. The first-order valence-electron chi connectivity index (χ1n) is 11.5. The smallest absolute Gasteiger partial charge is 0.258 e. The Morgan fingerprint density at radius 2 is 1.82 bits per heavy atom. The van der Waals surface area contributed by atoms with Crippen molar-refractivity contribution in [3.8, 4) is 5.75 Å². The van der Waals surface area contributed by atoms with E-state index in [4.69, 9.17) is 16.3 Å². The van der Waals surface area contributed by atoms with E-state index in [0.29, 0.717) is 6.54 Å². The number of fused-ring (bicyclic) bond motifs is 4. The first-order valence-corrected chi connectivity index (χ1v) is 11.9. The third kappa shape index (κ3) is 4.46. The van der Waals surface area contributed by atoms with Crippen LogP contribution in [0, 0.1) is 11.2 Å². The average Bonchev–Trinajstić information content (AvgIpc) is 3.27. The van der Waals surface area contributed by atoms with Gasteiger partial charge in [0.1, 0.15) is 17.4 Å². The zero-order valence-electron chi connectivity index (χ0n) is 18.6. The van der Waals surface area contributed by atoms with Crippen molar-refractivity contribution in [2.75, 3.05) is 6.61 Å². The van der Waals surface area contributed by atoms with Gasteiger partial charge in [-0.1, -0.05) is 23.7 Å². The maximum absolute atomic E-state index is 13.5. The lowest BCUT2D eigenvalue weighted by molar-refractivity contribution is -0.140. The van der Waals surface area contributed by atoms with Crippen molar-refractivity contribution >= 4 is 34.4 Å². The number of nitrogens with zero attached hydrogens (tertiary/aromatic N) is 1. The summed E-state index contributed by atoms with van der Waals surface area (Å²) in [5.41, 5.74) is 1.12. The monoisotopic (exact) mass is 484 g/mol. The molecule has 3 aliphatic rings. The lowest BCUT2D eigenvalue weighted by Crippen LogP contribution is -2.60. The number of nitrogens with one attached hydrogen (secondary N) is 3. The molecule has 1 aromatic heterocycles. The molecule has 1 heterocycles. The molecule has 3 aromatic rings. The van der Waals surface area contributed by atoms with Gasteiger partial charge >= 0.3 is 0 Å². The van der Waals surface area contributed by atoms with E-state index in [-0.39, 0.29) is 34.7 Å². The third-order valence-corrected chi connectivity index (χ3v) is 7.55. The predicted octanol–water partition coefficient (Wildman–Crippen LogP) is 4.26. The average molecular weight is 485 g/mol. The number of benzene rings is 2. The van der Waals surface area contributed by atoms with Gasteiger partial charge in [-0.05, 0) is 62.8 Å². The predicted molar refractivity (Wildman–Crippen MR) is 126 cm³/mol. The van der Waals surface area contributed by atoms with Crippen molar-refractivity contribution in [2.24, 2.45) is 5.41 Å². The number of H-pyrrole nitrogens is 1. The number of aromatic amines is 1. The summed E-state index contributed by atoms with van der Waals surface area (Å²) in [6.07, 6.45) is 4.40. The number of rotatable bonds is 7. The number of para-hydroxylation sites is 2. The number of ether oxygens (including phenoxy) is 1. The summed E-state index contributed by atoms with van der Waals surface area (Å²) in [7, 11) is 0. The number of aromatic nitrogens is 2. The molecular weight excluding hydrogens is 459 g/mol. The zero-order chi connectivity index (χ0) is 23.8. The van der Waals surface area contributed by atoms with Crippen LogP contribution >= 0.6 is 11.6 Å². The summed E-state index contributed by atoms with van der Waals surface area (Å²) < 4.78 is 19.0. The number of halogens is 2. The van der Waals surface area contributed by atoms with Gasteiger partial charge in [0.15, 0.2) is 6.61 Å². The Morgan fingerprint density at radius 3 is 2.53 bits per heavy atom. The Hall–Kier alpha value is -3.13. The maximum Gasteiger partial charge on any atom is 0.258 e. The van der Waals surface area contributed by atoms with Crippen LogP contribution in [0.3, 0.4) is 0 Å². The number of carbonyl (C=O) groups excluding carboxylic acids is 2. The molecule has 3 saturated carbocycles. The fourth-order valence-electron chi connectivity index (χ4n) is 5.20. The summed E-state index contributed by atoms with van der Waals surface area (Å²) in [6, 6.07) is 11.9. The van der Waals surface area contributed by atoms with Crippen LogP contribution in [0.5, 0.6) is 5.75 Å². The summed E-state index contributed by atoms with van der Waals surface area (Å²) in [6.45, 7) is 0.158. The second-order valence-corrected chi connectivity index (χ2v) is 9.76. The van der Waals surface area contributed by atoms with Crippen molar-refractivity contribution in [1.82, 2.24) is 20.6 Å². The Balaban J connectivity index is 1.12. The van der Waals surface area contributed by atoms with Gasteiger partial charge < -0.3 is 20.4 Å². The summed E-state index contributed by atoms with van der Waals surface area (Å²) in [4.78, 5) is 33.4. The molecule has 2 bridgehead atoms. The van der Waals surface area contributed by atoms with Gasteiger partial charge in [0.2, 0.25) is 5.91 Å². The lowest BCUT2D eigenvalue weighted by Gasteiger charge is -2.52. The molecule has 34 heavy (non-hydrogen) atoms. The number of hydrogen-bond acceptors (Lipinski definition) is 4. The highest BCUT2D eigenvalue weighted by Crippen LogP contribution is 2.52. The Labute approximate surface area is 201 Å². The molecule has 2 aromatic carbocycles. The van der Waals surface area contributed by atoms with Gasteiger partial charge in [-0.25, -0.2) is 9.37 Å². The highest BCUT2D eigenvalue weighted by molar-refractivity contribution is 6.30. The molecule has 7 nitrogen and oxygen atoms in total. The highest BCUT2D eigenvalue weighted by atomic mass is 35.5. The van der Waals surface area contributed by atoms with E-state index in [1.54, 1.807) is 0 Å². The normalized spacial score (nSPS) is 23.6. The van der Waals surface area contributed by atoms with Crippen LogP contribution in [0.4, 0.5) is 4.39 Å². The van der Waals surface area contributed by atoms with Crippen LogP contribution < -0.4 is 15.4 Å². The minimum Gasteiger partial charge on any atom is -0.484 e. The molecule has 0 radical (unpaired) electrons. The quantitative estimate of drug-likeness (QED) is 0.467. The summed E-state index contributed by atoms with van der Waals surface area (Å²) in [5.74, 6) is 0.203. The van der Waals surface area contributed by atoms with Crippen molar-refractivity contribution < 1.29 is 18.7 Å². The van der Waals surface area contributed by atoms with Gasteiger partial charge in [0, 0.05) is 17.0 Å². The van der Waals surface area contributed by atoms with E-state index >= 15 is 0 Å². The van der Waals surface area contributed by atoms with E-state index in [0.717, 1.165) is 61.4 Å². The first kappa shape index (κ1) is 22.7. The number of carbonyl (C=O) groups is 2. The second kappa shape index (κ2) is 8.91. The van der Waals surface area contributed by atoms with Crippen molar-refractivity contribution in [3.05, 3.63) is 59.1 Å². The van der Waals surface area contributed by atoms with Crippen LogP contribution in [0.2, 0.25) is 5.02 Å². The Bertz CT molecular complexity index is 1190. The van der Waals surface area contributed by atoms with Crippen LogP contribution in [0.25, 0.3) is 11.0 Å². The number of amides is 2. The summed E-state index contributed by atoms with van der Waals surface area (Å²) >= 11 is 5.67. The van der Waals surface area contributed by atoms with Crippen LogP contribution in [0.15, 0.2) is 42.5 Å². The topological polar surface area (TPSA) is 96.1 Å². The third-order valence-electron chi connectivity index (χ3n) is 7.25. The first-order chi connectivity index (χ1) is 16.4. The molecule has 3 aliphatic carbocycles. The minimum atomic E-state index is -0.590. The molecule has 3 N–H and O–H groups in total. The molecule has 0 spiro atoms. The zero-order valence-corrected chi connectivity index (χ0v) is 19.4. The molecule has 0 unspecified atom stereocenters. The lowest BCUT2D eigenvalue weighted by atomic mass is 9.57. The van der Waals surface area contributed by atoms with Gasteiger partial charge in [-0.2, -0.15) is 0 Å². The Kier molecular flexibility index (Phi) is 5.93. The van der Waals surface area contributed by atoms with Crippen molar-refractivity contribution in [2.45, 2.75) is 50.6 Å². The fourth-order valence-corrected chi connectivity index (χ4v) is 5.32. The molecular formula is C25H26ClFN4O3. The SMILES string of the molecule is O=C(COc1ccc(Cl)c(F)c1)NC12CCC(C(=O)NCc3nc4ccccc4[nH]3)(CC1)CC2. The molecule has 0 aliphatic heterocycles. The van der Waals surface area contributed by atoms with Gasteiger partial charge in [-0.3, -0.25) is 9.59 Å². The standard InChI is InChI=1S/C25H26ClFN4O3/c26-17-6-5-16(13-18(17)27)34-15-22(32)31-25-10-7-24(8-11-25,9-12-25)23(33)28-14-21-29-19-3-1-2-4-20(19)30-21/h1-6,13H,7-12,14-15H2,(H,28,33)(H,29,30)(H,31,32). The van der Waals surface area contributed by atoms with E-state index in [9.17, 15) is 14.0 Å². The van der Waals surface area contributed by atoms with E-state index < -0.39 is 11.2 Å².